The molecular weight excluding hydrogens is 439 g/mol. The van der Waals surface area contributed by atoms with Gasteiger partial charge in [0.1, 0.15) is 17.6 Å². The average molecular weight is 461 g/mol. The summed E-state index contributed by atoms with van der Waals surface area (Å²) in [5, 5.41) is 10.3. The number of nitrogens with one attached hydrogen (secondary N) is 2. The van der Waals surface area contributed by atoms with Crippen molar-refractivity contribution >= 4 is 23.2 Å². The highest BCUT2D eigenvalue weighted by Crippen LogP contribution is 2.33. The molecule has 33 heavy (non-hydrogen) atoms. The molecule has 0 radical (unpaired) electrons. The zero-order valence-corrected chi connectivity index (χ0v) is 17.8. The fourth-order valence-corrected chi connectivity index (χ4v) is 4.15. The molecule has 2 atom stereocenters. The first kappa shape index (κ1) is 21.4. The molecular formula is C21H22F3N7O2. The third-order valence-corrected chi connectivity index (χ3v) is 5.88. The highest BCUT2D eigenvalue weighted by atomic mass is 19.1. The van der Waals surface area contributed by atoms with Gasteiger partial charge in [-0.2, -0.15) is 0 Å². The van der Waals surface area contributed by atoms with Crippen LogP contribution in [-0.2, 0) is 4.79 Å². The van der Waals surface area contributed by atoms with E-state index >= 15 is 0 Å². The van der Waals surface area contributed by atoms with E-state index in [1.165, 1.54) is 22.7 Å². The number of carbonyl (C=O) groups excluding carboxylic acids is 1. The molecule has 0 aliphatic carbocycles. The van der Waals surface area contributed by atoms with E-state index in [-0.39, 0.29) is 35.4 Å². The zero-order chi connectivity index (χ0) is 23.1. The molecule has 0 aromatic carbocycles. The van der Waals surface area contributed by atoms with Crippen molar-refractivity contribution in [2.45, 2.75) is 31.5 Å². The van der Waals surface area contributed by atoms with Crippen LogP contribution in [0.25, 0.3) is 17.0 Å². The summed E-state index contributed by atoms with van der Waals surface area (Å²) in [6.45, 7) is 1.30. The second-order valence-corrected chi connectivity index (χ2v) is 8.01. The lowest BCUT2D eigenvalue weighted by Gasteiger charge is -2.28. The number of pyridine rings is 1. The fourth-order valence-electron chi connectivity index (χ4n) is 4.15. The summed E-state index contributed by atoms with van der Waals surface area (Å²) in [6.07, 6.45) is 1.53. The minimum absolute atomic E-state index is 0.0961. The molecule has 0 saturated carbocycles. The Kier molecular flexibility index (Phi) is 5.52. The number of alkyl halides is 1. The van der Waals surface area contributed by atoms with Crippen LogP contribution in [0.1, 0.15) is 19.3 Å². The Morgan fingerprint density at radius 2 is 2.12 bits per heavy atom. The molecule has 174 valence electrons. The molecule has 2 N–H and O–H groups in total. The number of hydrogen-bond donors (Lipinski definition) is 2. The first-order valence-corrected chi connectivity index (χ1v) is 10.7. The van der Waals surface area contributed by atoms with E-state index in [1.807, 2.05) is 0 Å². The quantitative estimate of drug-likeness (QED) is 0.602. The van der Waals surface area contributed by atoms with Crippen molar-refractivity contribution in [3.8, 4) is 17.1 Å². The van der Waals surface area contributed by atoms with E-state index < -0.39 is 23.8 Å². The zero-order valence-electron chi connectivity index (χ0n) is 17.8. The molecule has 2 aliphatic heterocycles. The Morgan fingerprint density at radius 3 is 2.85 bits per heavy atom. The van der Waals surface area contributed by atoms with Crippen LogP contribution in [0.15, 0.2) is 18.3 Å². The second-order valence-electron chi connectivity index (χ2n) is 8.01. The summed E-state index contributed by atoms with van der Waals surface area (Å²) >= 11 is 0. The topological polar surface area (TPSA) is 96.7 Å². The summed E-state index contributed by atoms with van der Waals surface area (Å²) in [5.41, 5.74) is 0.277. The molecule has 0 spiro atoms. The third kappa shape index (κ3) is 3.84. The molecule has 2 saturated heterocycles. The predicted molar refractivity (Wildman–Crippen MR) is 114 cm³/mol. The van der Waals surface area contributed by atoms with Gasteiger partial charge in [-0.15, -0.1) is 5.10 Å². The number of ether oxygens (including phenoxy) is 1. The first-order chi connectivity index (χ1) is 16.0. The second kappa shape index (κ2) is 8.50. The average Bonchev–Trinajstić information content (AvgIpc) is 3.41. The van der Waals surface area contributed by atoms with Crippen LogP contribution in [0, 0.1) is 11.6 Å². The highest BCUT2D eigenvalue weighted by Gasteiger charge is 2.29. The summed E-state index contributed by atoms with van der Waals surface area (Å²) < 4.78 is 50.2. The van der Waals surface area contributed by atoms with Gasteiger partial charge in [-0.25, -0.2) is 27.7 Å². The van der Waals surface area contributed by atoms with Crippen LogP contribution in [0.4, 0.5) is 24.8 Å². The van der Waals surface area contributed by atoms with E-state index in [2.05, 4.69) is 25.7 Å². The van der Waals surface area contributed by atoms with Crippen molar-refractivity contribution < 1.29 is 22.7 Å². The van der Waals surface area contributed by atoms with Crippen LogP contribution >= 0.6 is 0 Å². The summed E-state index contributed by atoms with van der Waals surface area (Å²) in [5.74, 6) is -1.58. The van der Waals surface area contributed by atoms with Crippen molar-refractivity contribution in [1.29, 1.82) is 0 Å². The van der Waals surface area contributed by atoms with E-state index in [0.717, 1.165) is 0 Å². The smallest absolute Gasteiger partial charge is 0.228 e. The number of rotatable bonds is 5. The van der Waals surface area contributed by atoms with Gasteiger partial charge in [-0.3, -0.25) is 9.69 Å². The third-order valence-electron chi connectivity index (χ3n) is 5.88. The van der Waals surface area contributed by atoms with E-state index in [0.29, 0.717) is 49.9 Å². The number of methoxy groups -OCH3 is 1. The Morgan fingerprint density at radius 1 is 1.27 bits per heavy atom. The molecule has 3 aromatic heterocycles. The van der Waals surface area contributed by atoms with Crippen molar-refractivity contribution in [2.24, 2.45) is 0 Å². The number of carbonyl (C=O) groups is 1. The van der Waals surface area contributed by atoms with Gasteiger partial charge < -0.3 is 15.4 Å². The van der Waals surface area contributed by atoms with Gasteiger partial charge in [-0.05, 0) is 19.4 Å². The van der Waals surface area contributed by atoms with Crippen molar-refractivity contribution in [1.82, 2.24) is 24.9 Å². The van der Waals surface area contributed by atoms with Gasteiger partial charge in [-0.1, -0.05) is 0 Å². The van der Waals surface area contributed by atoms with Crippen LogP contribution in [0.2, 0.25) is 0 Å². The maximum Gasteiger partial charge on any atom is 0.228 e. The number of imidazole rings is 1. The van der Waals surface area contributed by atoms with Gasteiger partial charge in [0.05, 0.1) is 19.3 Å². The van der Waals surface area contributed by atoms with Crippen molar-refractivity contribution in [3.05, 3.63) is 30.0 Å². The van der Waals surface area contributed by atoms with Crippen LogP contribution in [0.5, 0.6) is 5.75 Å². The molecule has 3 aromatic rings. The monoisotopic (exact) mass is 461 g/mol. The Bertz CT molecular complexity index is 1220. The van der Waals surface area contributed by atoms with E-state index in [9.17, 15) is 18.0 Å². The van der Waals surface area contributed by atoms with Crippen LogP contribution in [-0.4, -0.2) is 64.4 Å². The number of hydrogen-bond acceptors (Lipinski definition) is 7. The lowest BCUT2D eigenvalue weighted by molar-refractivity contribution is -0.117. The summed E-state index contributed by atoms with van der Waals surface area (Å²) in [6, 6.07) is 1.58. The standard InChI is InChI=1S/C21H22F3N7O2/c1-33-16-8-17-26-10-15(31(17)29-21(16)30-6-2-3-18(30)32)19-12(23)7-13(24)20(28-19)27-14-9-25-5-4-11(14)22/h7-8,10-11,14,25H,2-6,9H2,1H3,(H,27,28)/t11-,14-/m0/s1. The Hall–Kier alpha value is -3.41. The minimum Gasteiger partial charge on any atom is -0.493 e. The molecule has 0 bridgehead atoms. The molecule has 5 rings (SSSR count). The predicted octanol–water partition coefficient (Wildman–Crippen LogP) is 2.32. The first-order valence-electron chi connectivity index (χ1n) is 10.7. The number of anilines is 2. The lowest BCUT2D eigenvalue weighted by atomic mass is 10.1. The van der Waals surface area contributed by atoms with Crippen molar-refractivity contribution in [3.63, 3.8) is 0 Å². The molecule has 5 heterocycles. The fraction of sp³-hybridized carbons (Fsp3) is 0.429. The molecule has 12 heteroatoms. The normalized spacial score (nSPS) is 21.1. The lowest BCUT2D eigenvalue weighted by Crippen LogP contribution is -2.46. The Balaban J connectivity index is 1.58. The number of fused-ring (bicyclic) bond motifs is 1. The number of aromatic nitrogens is 4. The van der Waals surface area contributed by atoms with Gasteiger partial charge >= 0.3 is 0 Å². The highest BCUT2D eigenvalue weighted by molar-refractivity contribution is 5.95. The molecule has 2 fully saturated rings. The minimum atomic E-state index is -1.19. The molecule has 1 amide bonds. The number of amides is 1. The largest absolute Gasteiger partial charge is 0.493 e. The van der Waals surface area contributed by atoms with Gasteiger partial charge in [0, 0.05) is 31.6 Å². The molecule has 0 unspecified atom stereocenters. The number of nitrogens with zero attached hydrogens (tertiary/aromatic N) is 5. The molecule has 2 aliphatic rings. The Labute approximate surface area is 187 Å². The number of piperidine rings is 1. The SMILES string of the molecule is COc1cc2ncc(-c3nc(N[C@H]4CNCC[C@@H]4F)c(F)cc3F)n2nc1N1CCCC1=O. The molecule has 9 nitrogen and oxygen atoms in total. The van der Waals surface area contributed by atoms with Crippen LogP contribution < -0.4 is 20.3 Å². The van der Waals surface area contributed by atoms with Gasteiger partial charge in [0.25, 0.3) is 0 Å². The number of halogens is 3. The summed E-state index contributed by atoms with van der Waals surface area (Å²) in [7, 11) is 1.46. The van der Waals surface area contributed by atoms with Crippen molar-refractivity contribution in [2.75, 3.05) is 37.0 Å². The maximum atomic E-state index is 14.8. The summed E-state index contributed by atoms with van der Waals surface area (Å²) in [4.78, 5) is 22.1. The van der Waals surface area contributed by atoms with Gasteiger partial charge in [0.2, 0.25) is 5.91 Å². The van der Waals surface area contributed by atoms with E-state index in [1.54, 1.807) is 6.07 Å². The van der Waals surface area contributed by atoms with Gasteiger partial charge in [0.15, 0.2) is 34.7 Å². The van der Waals surface area contributed by atoms with E-state index in [4.69, 9.17) is 4.74 Å². The maximum absolute atomic E-state index is 14.8. The van der Waals surface area contributed by atoms with Crippen LogP contribution in [0.3, 0.4) is 0 Å².